The Morgan fingerprint density at radius 3 is 1.47 bits per heavy atom. The van der Waals surface area contributed by atoms with Gasteiger partial charge in [-0.15, -0.1) is 0 Å². The molecule has 0 aromatic heterocycles. The van der Waals surface area contributed by atoms with Crippen molar-refractivity contribution >= 4 is 16.9 Å². The fraction of sp³-hybridized carbons (Fsp3) is 0.143. The molecule has 1 heteroatoms. The van der Waals surface area contributed by atoms with Gasteiger partial charge in [0, 0.05) is 0 Å². The van der Waals surface area contributed by atoms with Gasteiger partial charge in [-0.25, -0.2) is 0 Å². The van der Waals surface area contributed by atoms with Gasteiger partial charge in [0.2, 0.25) is 0 Å². The van der Waals surface area contributed by atoms with E-state index >= 15 is 0 Å². The van der Waals surface area contributed by atoms with Crippen LogP contribution in [0, 0.1) is 0 Å². The monoisotopic (exact) mass is 256 g/mol. The molecule has 15 heavy (non-hydrogen) atoms. The van der Waals surface area contributed by atoms with E-state index in [0.29, 0.717) is 5.92 Å². The van der Waals surface area contributed by atoms with Gasteiger partial charge < -0.3 is 0 Å². The molecule has 0 aliphatic heterocycles. The average Bonchev–Trinajstić information content (AvgIpc) is 2.33. The molecule has 0 fully saturated rings. The van der Waals surface area contributed by atoms with Crippen molar-refractivity contribution in [2.45, 2.75) is 11.1 Å². The van der Waals surface area contributed by atoms with E-state index < -0.39 is 0 Å². The van der Waals surface area contributed by atoms with E-state index in [2.05, 4.69) is 77.5 Å². The first-order chi connectivity index (χ1) is 7.42. The second kappa shape index (κ2) is 5.18. The van der Waals surface area contributed by atoms with Crippen molar-refractivity contribution in [2.24, 2.45) is 0 Å². The zero-order valence-corrected chi connectivity index (χ0v) is 10.4. The summed E-state index contributed by atoms with van der Waals surface area (Å²) in [6.07, 6.45) is 0. The molecule has 0 N–H and O–H groups in total. The van der Waals surface area contributed by atoms with Crippen LogP contribution in [0.2, 0.25) is 5.21 Å². The summed E-state index contributed by atoms with van der Waals surface area (Å²) < 4.78 is 0. The molecule has 0 saturated heterocycles. The molecule has 0 nitrogen and oxygen atoms in total. The zero-order chi connectivity index (χ0) is 10.5. The van der Waals surface area contributed by atoms with Crippen LogP contribution in [0.3, 0.4) is 0 Å². The van der Waals surface area contributed by atoms with E-state index in [4.69, 9.17) is 0 Å². The molecule has 0 spiro atoms. The van der Waals surface area contributed by atoms with Crippen molar-refractivity contribution in [3.8, 4) is 0 Å². The summed E-state index contributed by atoms with van der Waals surface area (Å²) in [7, 11) is 0. The predicted molar refractivity (Wildman–Crippen MR) is 65.3 cm³/mol. The molecule has 2 radical (unpaired) electrons. The number of rotatable bonds is 3. The van der Waals surface area contributed by atoms with E-state index in [9.17, 15) is 0 Å². The molecular formula is C14H13As. The minimum atomic E-state index is 0.507. The third kappa shape index (κ3) is 2.52. The van der Waals surface area contributed by atoms with Gasteiger partial charge in [0.1, 0.15) is 0 Å². The van der Waals surface area contributed by atoms with Gasteiger partial charge in [-0.1, -0.05) is 0 Å². The summed E-state index contributed by atoms with van der Waals surface area (Å²) in [5.74, 6) is 0.507. The van der Waals surface area contributed by atoms with E-state index in [1.54, 1.807) is 0 Å². The molecule has 0 aliphatic rings. The van der Waals surface area contributed by atoms with Gasteiger partial charge in [-0.2, -0.15) is 0 Å². The third-order valence-corrected chi connectivity index (χ3v) is 3.35. The minimum absolute atomic E-state index is 0.507. The summed E-state index contributed by atoms with van der Waals surface area (Å²) in [5, 5.41) is 1.08. The Balaban J connectivity index is 2.34. The molecule has 2 rings (SSSR count). The van der Waals surface area contributed by atoms with Gasteiger partial charge in [0.15, 0.2) is 0 Å². The quantitative estimate of drug-likeness (QED) is 0.738. The van der Waals surface area contributed by atoms with Crippen LogP contribution in [0.1, 0.15) is 17.0 Å². The van der Waals surface area contributed by atoms with Gasteiger partial charge >= 0.3 is 99.8 Å². The molecule has 2 aromatic carbocycles. The Labute approximate surface area is 99.8 Å². The zero-order valence-electron chi connectivity index (χ0n) is 8.51. The first-order valence-corrected chi connectivity index (χ1v) is 6.45. The predicted octanol–water partition coefficient (Wildman–Crippen LogP) is 3.41. The second-order valence-corrected chi connectivity index (χ2v) is 4.32. The van der Waals surface area contributed by atoms with Crippen LogP contribution in [0.15, 0.2) is 60.7 Å². The molecule has 0 aliphatic carbocycles. The first-order valence-electron chi connectivity index (χ1n) is 5.12. The van der Waals surface area contributed by atoms with Crippen LogP contribution in [-0.4, -0.2) is 16.9 Å². The van der Waals surface area contributed by atoms with Crippen molar-refractivity contribution in [3.05, 3.63) is 71.8 Å². The van der Waals surface area contributed by atoms with Crippen molar-refractivity contribution in [2.75, 3.05) is 0 Å². The van der Waals surface area contributed by atoms with Crippen molar-refractivity contribution in [3.63, 3.8) is 0 Å². The van der Waals surface area contributed by atoms with Crippen LogP contribution in [-0.2, 0) is 0 Å². The van der Waals surface area contributed by atoms with E-state index in [0.717, 1.165) is 5.21 Å². The molecule has 0 unspecified atom stereocenters. The maximum atomic E-state index is 2.69. The Bertz CT molecular complexity index is 355. The summed E-state index contributed by atoms with van der Waals surface area (Å²) in [6, 6.07) is 21.3. The van der Waals surface area contributed by atoms with Gasteiger partial charge in [0.25, 0.3) is 0 Å². The fourth-order valence-electron chi connectivity index (χ4n) is 1.77. The van der Waals surface area contributed by atoms with E-state index in [1.165, 1.54) is 11.1 Å². The number of benzene rings is 2. The molecule has 0 heterocycles. The average molecular weight is 256 g/mol. The van der Waals surface area contributed by atoms with Crippen LogP contribution < -0.4 is 0 Å². The summed E-state index contributed by atoms with van der Waals surface area (Å²) in [5.41, 5.74) is 2.79. The first kappa shape index (κ1) is 10.5. The van der Waals surface area contributed by atoms with Crippen molar-refractivity contribution < 1.29 is 0 Å². The molecule has 2 aromatic rings. The summed E-state index contributed by atoms with van der Waals surface area (Å²) in [6.45, 7) is 0. The Kier molecular flexibility index (Phi) is 3.63. The molecule has 0 amide bonds. The fourth-order valence-corrected chi connectivity index (χ4v) is 2.66. The Morgan fingerprint density at radius 2 is 1.13 bits per heavy atom. The number of hydrogen-bond acceptors (Lipinski definition) is 0. The van der Waals surface area contributed by atoms with E-state index in [1.807, 2.05) is 0 Å². The van der Waals surface area contributed by atoms with Crippen LogP contribution in [0.25, 0.3) is 0 Å². The van der Waals surface area contributed by atoms with Crippen LogP contribution in [0.4, 0.5) is 0 Å². The molecule has 0 atom stereocenters. The topological polar surface area (TPSA) is 0 Å². The normalized spacial score (nSPS) is 10.5. The molecule has 74 valence electrons. The van der Waals surface area contributed by atoms with Crippen molar-refractivity contribution in [1.82, 2.24) is 0 Å². The van der Waals surface area contributed by atoms with Gasteiger partial charge in [-0.3, -0.25) is 0 Å². The SMILES string of the molecule is [As]CC(c1ccccc1)c1ccccc1. The van der Waals surface area contributed by atoms with Crippen LogP contribution in [0.5, 0.6) is 0 Å². The van der Waals surface area contributed by atoms with Gasteiger partial charge in [-0.05, 0) is 0 Å². The summed E-state index contributed by atoms with van der Waals surface area (Å²) in [4.78, 5) is 0. The van der Waals surface area contributed by atoms with E-state index in [-0.39, 0.29) is 0 Å². The van der Waals surface area contributed by atoms with Crippen molar-refractivity contribution in [1.29, 1.82) is 0 Å². The van der Waals surface area contributed by atoms with Gasteiger partial charge in [0.05, 0.1) is 0 Å². The molecule has 0 bridgehead atoms. The molecule has 0 saturated carbocycles. The standard InChI is InChI=1S/C14H13As/c15-11-14(12-7-3-1-4-8-12)13-9-5-2-6-10-13/h1-10,14H,11H2. The maximum absolute atomic E-state index is 2.69. The number of hydrogen-bond donors (Lipinski definition) is 0. The van der Waals surface area contributed by atoms with Crippen LogP contribution >= 0.6 is 0 Å². The molecular weight excluding hydrogens is 243 g/mol. The second-order valence-electron chi connectivity index (χ2n) is 3.56. The third-order valence-electron chi connectivity index (χ3n) is 2.59. The Morgan fingerprint density at radius 1 is 0.733 bits per heavy atom. The Hall–Kier alpha value is -1.00. The summed E-state index contributed by atoms with van der Waals surface area (Å²) >= 11 is 2.69.